The van der Waals surface area contributed by atoms with E-state index < -0.39 is 44.2 Å². The molecule has 0 aromatic rings. The Labute approximate surface area is 313 Å². The maximum absolute atomic E-state index is 14.7. The van der Waals surface area contributed by atoms with Crippen molar-refractivity contribution in [2.75, 3.05) is 32.4 Å². The fraction of sp³-hybridized carbons (Fsp3) is 0.881. The summed E-state index contributed by atoms with van der Waals surface area (Å²) in [5, 5.41) is -0.568. The minimum atomic E-state index is -3.35. The number of carbonyl (C=O) groups is 5. The van der Waals surface area contributed by atoms with Crippen LogP contribution in [0, 0.1) is 40.4 Å². The zero-order valence-corrected chi connectivity index (χ0v) is 33.2. The first kappa shape index (κ1) is 39.7. The monoisotopic (exact) mass is 742 g/mol. The van der Waals surface area contributed by atoms with Crippen LogP contribution in [0.1, 0.15) is 149 Å². The van der Waals surface area contributed by atoms with Gasteiger partial charge in [0.15, 0.2) is 21.4 Å². The van der Waals surface area contributed by atoms with Crippen molar-refractivity contribution in [2.45, 2.75) is 160 Å². The van der Waals surface area contributed by atoms with Gasteiger partial charge in [-0.05, 0) is 74.2 Å². The van der Waals surface area contributed by atoms with E-state index in [0.717, 1.165) is 96.3 Å². The van der Waals surface area contributed by atoms with E-state index in [1.807, 2.05) is 7.05 Å². The van der Waals surface area contributed by atoms with Crippen LogP contribution in [0.15, 0.2) is 0 Å². The highest BCUT2D eigenvalue weighted by atomic mass is 32.2. The molecule has 3 aliphatic carbocycles. The number of Topliss-reactive ketones (excluding diaryl/α,β-unsaturated/α-hetero) is 4. The van der Waals surface area contributed by atoms with Crippen molar-refractivity contribution in [3.63, 3.8) is 0 Å². The third-order valence-corrected chi connectivity index (χ3v) is 16.8. The van der Waals surface area contributed by atoms with Crippen molar-refractivity contribution in [3.8, 4) is 0 Å². The van der Waals surface area contributed by atoms with Gasteiger partial charge in [0.25, 0.3) is 0 Å². The molecular weight excluding hydrogens is 677 g/mol. The fourth-order valence-corrected chi connectivity index (χ4v) is 13.4. The number of carbonyl (C=O) groups excluding carboxylic acids is 5. The average Bonchev–Trinajstić information content (AvgIpc) is 3.95. The van der Waals surface area contributed by atoms with Crippen molar-refractivity contribution < 1.29 is 32.4 Å². The van der Waals surface area contributed by atoms with Gasteiger partial charge in [-0.25, -0.2) is 8.42 Å². The van der Waals surface area contributed by atoms with Crippen LogP contribution in [0.2, 0.25) is 0 Å². The van der Waals surface area contributed by atoms with Crippen molar-refractivity contribution >= 4 is 38.9 Å². The smallest absolute Gasteiger partial charge is 0.226 e. The molecule has 0 spiro atoms. The van der Waals surface area contributed by atoms with E-state index in [-0.39, 0.29) is 71.9 Å². The van der Waals surface area contributed by atoms with Gasteiger partial charge in [-0.2, -0.15) is 0 Å². The lowest BCUT2D eigenvalue weighted by Crippen LogP contribution is -2.54. The van der Waals surface area contributed by atoms with Crippen molar-refractivity contribution in [1.29, 1.82) is 0 Å². The Morgan fingerprint density at radius 1 is 0.788 bits per heavy atom. The Bertz CT molecular complexity index is 1460. The average molecular weight is 743 g/mol. The molecule has 0 aromatic heterocycles. The molecule has 0 radical (unpaired) electrons. The highest BCUT2D eigenvalue weighted by Crippen LogP contribution is 2.65. The third kappa shape index (κ3) is 8.95. The van der Waals surface area contributed by atoms with Gasteiger partial charge in [0.2, 0.25) is 11.7 Å². The number of hydrogen-bond acceptors (Lipinski definition) is 8. The first-order chi connectivity index (χ1) is 24.7. The topological polar surface area (TPSA) is 126 Å². The quantitative estimate of drug-likeness (QED) is 0.244. The summed E-state index contributed by atoms with van der Waals surface area (Å²) >= 11 is 0. The predicted molar refractivity (Wildman–Crippen MR) is 201 cm³/mol. The molecular formula is C42H66N2O7S. The van der Waals surface area contributed by atoms with Crippen LogP contribution in [-0.2, 0) is 33.8 Å². The Kier molecular flexibility index (Phi) is 12.6. The highest BCUT2D eigenvalue weighted by Gasteiger charge is 2.69. The molecule has 0 N–H and O–H groups in total. The normalized spacial score (nSPS) is 34.5. The molecule has 1 amide bonds. The van der Waals surface area contributed by atoms with E-state index in [2.05, 4.69) is 18.7 Å². The molecule has 0 bridgehead atoms. The van der Waals surface area contributed by atoms with Gasteiger partial charge in [0, 0.05) is 57.2 Å². The number of fused-ring (bicyclic) bond motifs is 3. The van der Waals surface area contributed by atoms with Gasteiger partial charge in [-0.15, -0.1) is 0 Å². The van der Waals surface area contributed by atoms with Gasteiger partial charge in [0.05, 0.1) is 17.0 Å². The lowest BCUT2D eigenvalue weighted by atomic mass is 9.67. The van der Waals surface area contributed by atoms with Crippen molar-refractivity contribution in [3.05, 3.63) is 0 Å². The molecule has 6 rings (SSSR count). The molecule has 3 saturated carbocycles. The number of ketones is 4. The van der Waals surface area contributed by atoms with Gasteiger partial charge in [-0.3, -0.25) is 24.0 Å². The van der Waals surface area contributed by atoms with Gasteiger partial charge in [0.1, 0.15) is 5.78 Å². The minimum Gasteiger partial charge on any atom is -0.332 e. The zero-order chi connectivity index (χ0) is 37.3. The summed E-state index contributed by atoms with van der Waals surface area (Å²) in [6.07, 6.45) is 15.9. The lowest BCUT2D eigenvalue weighted by Gasteiger charge is -2.46. The maximum atomic E-state index is 14.7. The van der Waals surface area contributed by atoms with E-state index in [1.54, 1.807) is 4.90 Å². The molecule has 0 aromatic carbocycles. The molecule has 9 nitrogen and oxygen atoms in total. The SMILES string of the molecule is CN1CCS(=O)(=O)[C@@H](C2(CC(=O)C[C@H]3CCCCCCCCCC[C@@H](C(=O)C(=O)CC4CC4)CC(=O)[C@@H]4[C@@H]5[C@H](CN4C3=O)C5(C)C)CCCCC2)C1. The van der Waals surface area contributed by atoms with Gasteiger partial charge in [-0.1, -0.05) is 84.5 Å². The Morgan fingerprint density at radius 2 is 1.40 bits per heavy atom. The number of hydrogen-bond donors (Lipinski definition) is 0. The Morgan fingerprint density at radius 3 is 2.06 bits per heavy atom. The van der Waals surface area contributed by atoms with E-state index >= 15 is 0 Å². The Balaban J connectivity index is 1.23. The van der Waals surface area contributed by atoms with Crippen LogP contribution in [-0.4, -0.2) is 91.0 Å². The predicted octanol–water partition coefficient (Wildman–Crippen LogP) is 6.54. The highest BCUT2D eigenvalue weighted by molar-refractivity contribution is 7.92. The molecule has 292 valence electrons. The summed E-state index contributed by atoms with van der Waals surface area (Å²) in [6, 6.07) is -0.637. The van der Waals surface area contributed by atoms with Crippen LogP contribution in [0.25, 0.3) is 0 Å². The van der Waals surface area contributed by atoms with Crippen LogP contribution >= 0.6 is 0 Å². The second kappa shape index (κ2) is 16.4. The molecule has 0 unspecified atom stereocenters. The maximum Gasteiger partial charge on any atom is 0.226 e. The number of amides is 1. The molecule has 6 atom stereocenters. The lowest BCUT2D eigenvalue weighted by molar-refractivity contribution is -0.146. The van der Waals surface area contributed by atoms with E-state index in [1.165, 1.54) is 0 Å². The van der Waals surface area contributed by atoms with Gasteiger partial charge < -0.3 is 9.80 Å². The summed E-state index contributed by atoms with van der Waals surface area (Å²) in [7, 11) is -1.39. The van der Waals surface area contributed by atoms with E-state index in [0.29, 0.717) is 38.4 Å². The number of nitrogens with zero attached hydrogens (tertiary/aromatic N) is 2. The first-order valence-corrected chi connectivity index (χ1v) is 22.8. The van der Waals surface area contributed by atoms with E-state index in [9.17, 15) is 32.4 Å². The largest absolute Gasteiger partial charge is 0.332 e. The molecule has 6 fully saturated rings. The van der Waals surface area contributed by atoms with Crippen LogP contribution < -0.4 is 0 Å². The zero-order valence-electron chi connectivity index (χ0n) is 32.4. The minimum absolute atomic E-state index is 0.000583. The van der Waals surface area contributed by atoms with Crippen LogP contribution in [0.3, 0.4) is 0 Å². The second-order valence-electron chi connectivity index (χ2n) is 18.8. The molecule has 52 heavy (non-hydrogen) atoms. The molecule has 3 heterocycles. The van der Waals surface area contributed by atoms with Crippen LogP contribution in [0.4, 0.5) is 0 Å². The standard InChI is InChI=1S/C42H66N2O7S/c1-41(2)33-27-44-38(37(33)41)34(46)25-30(39(48)35(47)23-29-17-18-29)15-11-8-6-4-5-7-9-12-16-31(40(44)49)24-32(45)26-42(19-13-10-14-20-42)36-28-43(3)21-22-52(36,50)51/h29-31,33,36-38H,4-28H2,1-3H3/t30-,31-,33+,36-,37+,38-/m1/s1. The summed E-state index contributed by atoms with van der Waals surface area (Å²) in [5.41, 5.74) is -0.687. The molecule has 3 saturated heterocycles. The molecule has 3 aliphatic heterocycles. The summed E-state index contributed by atoms with van der Waals surface area (Å²) in [6.45, 7) is 5.75. The molecule has 6 aliphatic rings. The van der Waals surface area contributed by atoms with Gasteiger partial charge >= 0.3 is 0 Å². The summed E-state index contributed by atoms with van der Waals surface area (Å²) in [5.74, 6) is -1.55. The number of piperidine rings is 1. The second-order valence-corrected chi connectivity index (χ2v) is 21.1. The fourth-order valence-electron chi connectivity index (χ4n) is 11.0. The van der Waals surface area contributed by atoms with Crippen molar-refractivity contribution in [2.24, 2.45) is 40.4 Å². The van der Waals surface area contributed by atoms with Crippen LogP contribution in [0.5, 0.6) is 0 Å². The van der Waals surface area contributed by atoms with Crippen molar-refractivity contribution in [1.82, 2.24) is 9.80 Å². The molecule has 10 heteroatoms. The summed E-state index contributed by atoms with van der Waals surface area (Å²) in [4.78, 5) is 73.8. The Hall–Kier alpha value is -1.94. The summed E-state index contributed by atoms with van der Waals surface area (Å²) < 4.78 is 27.0. The first-order valence-electron chi connectivity index (χ1n) is 21.1. The van der Waals surface area contributed by atoms with E-state index in [4.69, 9.17) is 0 Å². The third-order valence-electron chi connectivity index (χ3n) is 14.5. The number of rotatable bonds is 9. The number of sulfone groups is 1.